The van der Waals surface area contributed by atoms with Gasteiger partial charge < -0.3 is 20.8 Å². The molecule has 0 aliphatic rings. The Morgan fingerprint density at radius 3 is 1.85 bits per heavy atom. The fraction of sp³-hybridized carbons (Fsp3) is 0.531. The first-order chi connectivity index (χ1) is 18.9. The van der Waals surface area contributed by atoms with E-state index in [1.165, 1.54) is 82.4 Å². The van der Waals surface area contributed by atoms with Crippen molar-refractivity contribution in [3.05, 3.63) is 54.1 Å². The first-order valence-corrected chi connectivity index (χ1v) is 14.6. The van der Waals surface area contributed by atoms with Crippen molar-refractivity contribution in [1.29, 1.82) is 0 Å². The van der Waals surface area contributed by atoms with E-state index in [4.69, 9.17) is 0 Å². The molecule has 0 saturated heterocycles. The lowest BCUT2D eigenvalue weighted by molar-refractivity contribution is -0.145. The van der Waals surface area contributed by atoms with E-state index in [9.17, 15) is 24.6 Å². The molecule has 1 atom stereocenters. The molecule has 0 aromatic heterocycles. The number of carbonyl (C=O) groups is 3. The van der Waals surface area contributed by atoms with Gasteiger partial charge in [-0.25, -0.2) is 0 Å². The summed E-state index contributed by atoms with van der Waals surface area (Å²) in [5.41, 5.74) is 1.25. The van der Waals surface area contributed by atoms with Gasteiger partial charge in [0.05, 0.1) is 5.69 Å². The fourth-order valence-electron chi connectivity index (χ4n) is 4.60. The van der Waals surface area contributed by atoms with E-state index < -0.39 is 17.8 Å². The largest absolute Gasteiger partial charge is 0.506 e. The zero-order chi connectivity index (χ0) is 28.3. The number of hydrogen-bond donors (Lipinski definition) is 4. The van der Waals surface area contributed by atoms with Crippen LogP contribution in [0, 0.1) is 5.92 Å². The number of rotatable bonds is 20. The van der Waals surface area contributed by atoms with Gasteiger partial charge in [0.1, 0.15) is 11.7 Å². The van der Waals surface area contributed by atoms with Gasteiger partial charge in [0.2, 0.25) is 11.8 Å². The molecule has 0 bridgehead atoms. The number of unbranched alkanes of at least 4 members (excludes halogenated alkanes) is 12. The van der Waals surface area contributed by atoms with Crippen LogP contribution in [0.5, 0.6) is 5.75 Å². The average molecular weight is 539 g/mol. The van der Waals surface area contributed by atoms with Gasteiger partial charge in [0.25, 0.3) is 0 Å². The molecule has 0 aliphatic heterocycles. The molecule has 2 amide bonds. The van der Waals surface area contributed by atoms with Crippen LogP contribution >= 0.6 is 0 Å². The second-order valence-electron chi connectivity index (χ2n) is 10.3. The van der Waals surface area contributed by atoms with E-state index in [0.717, 1.165) is 24.8 Å². The number of aromatic hydroxyl groups is 1. The standard InChI is InChI=1S/C32H46N2O5/c1-2-3-4-5-6-7-8-9-10-11-12-13-17-20-30(36)34-28-22-21-26(24-29(28)35)33-31(37)27(32(38)39)23-25-18-15-14-16-19-25/h14-16,18-19,21-22,24,27,35H,2-13,17,20,23H2,1H3,(H,33,37)(H,34,36)(H,38,39). The number of amides is 2. The van der Waals surface area contributed by atoms with Crippen LogP contribution in [0.4, 0.5) is 11.4 Å². The monoisotopic (exact) mass is 538 g/mol. The molecule has 2 rings (SSSR count). The highest BCUT2D eigenvalue weighted by Crippen LogP contribution is 2.27. The highest BCUT2D eigenvalue weighted by Gasteiger charge is 2.26. The maximum Gasteiger partial charge on any atom is 0.316 e. The van der Waals surface area contributed by atoms with E-state index in [-0.39, 0.29) is 29.5 Å². The van der Waals surface area contributed by atoms with Crippen LogP contribution in [0.15, 0.2) is 48.5 Å². The van der Waals surface area contributed by atoms with Crippen LogP contribution in [-0.2, 0) is 20.8 Å². The molecule has 0 heterocycles. The Kier molecular flexibility index (Phi) is 15.4. The number of nitrogens with one attached hydrogen (secondary N) is 2. The van der Waals surface area contributed by atoms with E-state index >= 15 is 0 Å². The maximum absolute atomic E-state index is 12.6. The van der Waals surface area contributed by atoms with Gasteiger partial charge in [-0.15, -0.1) is 0 Å². The number of hydrogen-bond acceptors (Lipinski definition) is 4. The number of benzene rings is 2. The van der Waals surface area contributed by atoms with E-state index in [1.807, 2.05) is 6.07 Å². The summed E-state index contributed by atoms with van der Waals surface area (Å²) in [5.74, 6) is -3.53. The topological polar surface area (TPSA) is 116 Å². The molecule has 214 valence electrons. The van der Waals surface area contributed by atoms with Gasteiger partial charge in [0, 0.05) is 18.2 Å². The van der Waals surface area contributed by atoms with Crippen molar-refractivity contribution in [1.82, 2.24) is 0 Å². The van der Waals surface area contributed by atoms with Crippen LogP contribution in [-0.4, -0.2) is 28.0 Å². The zero-order valence-corrected chi connectivity index (χ0v) is 23.4. The number of aliphatic carboxylic acids is 1. The zero-order valence-electron chi connectivity index (χ0n) is 23.4. The van der Waals surface area contributed by atoms with Crippen LogP contribution in [0.2, 0.25) is 0 Å². The molecule has 7 heteroatoms. The number of carboxylic acid groups (broad SMARTS) is 1. The summed E-state index contributed by atoms with van der Waals surface area (Å²) < 4.78 is 0. The molecule has 7 nitrogen and oxygen atoms in total. The Labute approximate surface area is 233 Å². The minimum atomic E-state index is -1.27. The Morgan fingerprint density at radius 1 is 0.744 bits per heavy atom. The molecule has 0 fully saturated rings. The Bertz CT molecular complexity index is 1010. The highest BCUT2D eigenvalue weighted by molar-refractivity contribution is 6.04. The summed E-state index contributed by atoms with van der Waals surface area (Å²) in [6, 6.07) is 13.3. The smallest absolute Gasteiger partial charge is 0.316 e. The van der Waals surface area contributed by atoms with Gasteiger partial charge >= 0.3 is 5.97 Å². The first-order valence-electron chi connectivity index (χ1n) is 14.6. The highest BCUT2D eigenvalue weighted by atomic mass is 16.4. The summed E-state index contributed by atoms with van der Waals surface area (Å²) in [6.45, 7) is 2.25. The molecule has 39 heavy (non-hydrogen) atoms. The minimum absolute atomic E-state index is 0.0569. The SMILES string of the molecule is CCCCCCCCCCCCCCCC(=O)Nc1ccc(NC(=O)C(Cc2ccccc2)C(=O)O)cc1O. The molecule has 2 aromatic rings. The van der Waals surface area contributed by atoms with Crippen LogP contribution in [0.1, 0.15) is 102 Å². The molecular formula is C32H46N2O5. The van der Waals surface area contributed by atoms with Gasteiger partial charge in [-0.2, -0.15) is 0 Å². The lowest BCUT2D eigenvalue weighted by Crippen LogP contribution is -2.31. The summed E-state index contributed by atoms with van der Waals surface area (Å²) >= 11 is 0. The van der Waals surface area contributed by atoms with Crippen molar-refractivity contribution in [2.45, 2.75) is 103 Å². The summed E-state index contributed by atoms with van der Waals surface area (Å²) in [7, 11) is 0. The molecule has 0 aliphatic carbocycles. The van der Waals surface area contributed by atoms with Crippen molar-refractivity contribution in [2.75, 3.05) is 10.6 Å². The van der Waals surface area contributed by atoms with Crippen molar-refractivity contribution in [3.8, 4) is 5.75 Å². The maximum atomic E-state index is 12.6. The quantitative estimate of drug-likeness (QED) is 0.0783. The molecule has 4 N–H and O–H groups in total. The number of carbonyl (C=O) groups excluding carboxylic acids is 2. The van der Waals surface area contributed by atoms with E-state index in [1.54, 1.807) is 24.3 Å². The van der Waals surface area contributed by atoms with Gasteiger partial charge in [-0.1, -0.05) is 114 Å². The third-order valence-electron chi connectivity index (χ3n) is 6.94. The van der Waals surface area contributed by atoms with Crippen molar-refractivity contribution >= 4 is 29.2 Å². The van der Waals surface area contributed by atoms with Gasteiger partial charge in [0.15, 0.2) is 0 Å². The van der Waals surface area contributed by atoms with Crippen LogP contribution < -0.4 is 10.6 Å². The molecule has 0 saturated carbocycles. The molecular weight excluding hydrogens is 492 g/mol. The number of phenolic OH excluding ortho intramolecular Hbond substituents is 1. The third kappa shape index (κ3) is 13.3. The normalized spacial score (nSPS) is 11.6. The van der Waals surface area contributed by atoms with Crippen LogP contribution in [0.25, 0.3) is 0 Å². The molecule has 0 radical (unpaired) electrons. The van der Waals surface area contributed by atoms with Gasteiger partial charge in [-0.05, 0) is 30.5 Å². The molecule has 0 spiro atoms. The second kappa shape index (κ2) is 18.8. The summed E-state index contributed by atoms with van der Waals surface area (Å²) in [5, 5.41) is 25.1. The number of phenols is 1. The van der Waals surface area contributed by atoms with Crippen LogP contribution in [0.3, 0.4) is 0 Å². The summed E-state index contributed by atoms with van der Waals surface area (Å²) in [6.07, 6.45) is 16.6. The number of carboxylic acids is 1. The van der Waals surface area contributed by atoms with E-state index in [2.05, 4.69) is 17.6 Å². The molecule has 1 unspecified atom stereocenters. The molecule has 2 aromatic carbocycles. The lowest BCUT2D eigenvalue weighted by atomic mass is 9.98. The Balaban J connectivity index is 1.64. The van der Waals surface area contributed by atoms with Crippen molar-refractivity contribution < 1.29 is 24.6 Å². The van der Waals surface area contributed by atoms with Gasteiger partial charge in [-0.3, -0.25) is 14.4 Å². The minimum Gasteiger partial charge on any atom is -0.506 e. The average Bonchev–Trinajstić information content (AvgIpc) is 2.92. The first kappa shape index (κ1) is 31.9. The second-order valence-corrected chi connectivity index (χ2v) is 10.3. The van der Waals surface area contributed by atoms with Crippen molar-refractivity contribution in [2.24, 2.45) is 5.92 Å². The van der Waals surface area contributed by atoms with Crippen molar-refractivity contribution in [3.63, 3.8) is 0 Å². The Hall–Kier alpha value is -3.35. The predicted octanol–water partition coefficient (Wildman–Crippen LogP) is 7.69. The Morgan fingerprint density at radius 2 is 1.31 bits per heavy atom. The fourth-order valence-corrected chi connectivity index (χ4v) is 4.60. The predicted molar refractivity (Wildman–Crippen MR) is 157 cm³/mol. The lowest BCUT2D eigenvalue weighted by Gasteiger charge is -2.14. The van der Waals surface area contributed by atoms with E-state index in [0.29, 0.717) is 6.42 Å². The summed E-state index contributed by atoms with van der Waals surface area (Å²) in [4.78, 5) is 36.6. The third-order valence-corrected chi connectivity index (χ3v) is 6.94. The number of anilines is 2.